The molecule has 7 nitrogen and oxygen atoms in total. The Morgan fingerprint density at radius 1 is 1.19 bits per heavy atom. The average Bonchev–Trinajstić information content (AvgIpc) is 3.74. The molecule has 3 heterocycles. The first-order valence-electron chi connectivity index (χ1n) is 13.1. The molecule has 1 aliphatic carbocycles. The number of para-hydroxylation sites is 1. The smallest absolute Gasteiger partial charge is 0.250 e. The molecule has 1 unspecified atom stereocenters. The van der Waals surface area contributed by atoms with Gasteiger partial charge in [-0.25, -0.2) is 0 Å². The van der Waals surface area contributed by atoms with Gasteiger partial charge in [-0.3, -0.25) is 14.6 Å². The van der Waals surface area contributed by atoms with Crippen LogP contribution in [0.25, 0.3) is 10.9 Å². The second-order valence-corrected chi connectivity index (χ2v) is 10.2. The third-order valence-electron chi connectivity index (χ3n) is 7.60. The number of aromatic nitrogens is 2. The lowest BCUT2D eigenvalue weighted by molar-refractivity contribution is -0.138. The summed E-state index contributed by atoms with van der Waals surface area (Å²) in [6, 6.07) is 14.4. The molecule has 2 fully saturated rings. The average molecular weight is 489 g/mol. The van der Waals surface area contributed by atoms with Crippen LogP contribution >= 0.6 is 0 Å². The fourth-order valence-corrected chi connectivity index (χ4v) is 5.45. The summed E-state index contributed by atoms with van der Waals surface area (Å²) in [6.45, 7) is 2.78. The monoisotopic (exact) mass is 488 g/mol. The minimum Gasteiger partial charge on any atom is -0.385 e. The first-order valence-corrected chi connectivity index (χ1v) is 13.1. The van der Waals surface area contributed by atoms with Crippen LogP contribution in [-0.2, 0) is 29.5 Å². The Labute approximate surface area is 212 Å². The van der Waals surface area contributed by atoms with Crippen LogP contribution in [0.1, 0.15) is 48.4 Å². The molecule has 1 aliphatic heterocycles. The summed E-state index contributed by atoms with van der Waals surface area (Å²) in [4.78, 5) is 33.4. The lowest BCUT2D eigenvalue weighted by Crippen LogP contribution is -2.47. The highest BCUT2D eigenvalue weighted by atomic mass is 16.5. The van der Waals surface area contributed by atoms with E-state index in [-0.39, 0.29) is 29.3 Å². The summed E-state index contributed by atoms with van der Waals surface area (Å²) in [5, 5.41) is 4.54. The number of rotatable bonds is 9. The molecule has 1 saturated carbocycles. The van der Waals surface area contributed by atoms with Gasteiger partial charge in [-0.1, -0.05) is 18.2 Å². The molecule has 1 N–H and O–H groups in total. The molecular formula is C29H36N4O3. The molecule has 0 radical (unpaired) electrons. The van der Waals surface area contributed by atoms with Gasteiger partial charge in [0.25, 0.3) is 5.56 Å². The highest BCUT2D eigenvalue weighted by molar-refractivity contribution is 5.84. The largest absolute Gasteiger partial charge is 0.385 e. The predicted molar refractivity (Wildman–Crippen MR) is 141 cm³/mol. The summed E-state index contributed by atoms with van der Waals surface area (Å²) in [7, 11) is 3.48. The van der Waals surface area contributed by atoms with Gasteiger partial charge in [0.2, 0.25) is 5.91 Å². The number of amides is 1. The van der Waals surface area contributed by atoms with Crippen molar-refractivity contribution < 1.29 is 9.53 Å². The Kier molecular flexibility index (Phi) is 7.48. The van der Waals surface area contributed by atoms with E-state index in [1.54, 1.807) is 24.8 Å². The highest BCUT2D eigenvalue weighted by Gasteiger charge is 2.40. The molecule has 1 aromatic carbocycles. The highest BCUT2D eigenvalue weighted by Crippen LogP contribution is 2.36. The van der Waals surface area contributed by atoms with E-state index in [1.165, 1.54) is 0 Å². The van der Waals surface area contributed by atoms with Gasteiger partial charge < -0.3 is 19.5 Å². The number of ether oxygens (including phenoxy) is 1. The summed E-state index contributed by atoms with van der Waals surface area (Å²) < 4.78 is 6.82. The zero-order valence-corrected chi connectivity index (χ0v) is 21.3. The van der Waals surface area contributed by atoms with Gasteiger partial charge in [-0.15, -0.1) is 0 Å². The van der Waals surface area contributed by atoms with E-state index in [4.69, 9.17) is 9.72 Å². The zero-order valence-electron chi connectivity index (χ0n) is 21.3. The van der Waals surface area contributed by atoms with Crippen LogP contribution in [-0.4, -0.2) is 53.2 Å². The standard InChI is InChI=1S/C29H36N4O3/c1-32-14-12-20(17-28(32)34)24-11-13-30-18-26(24)29(35)33(23-9-10-23)19-21-16-22(6-5-15-36-2)31-27-8-4-3-7-25(21)27/h3-4,7-8,12,14,16-17,23-24,26,30H,5-6,9-11,13,15,18-19H2,1-2H3/t24?,26-/m0/s1. The number of carbonyl (C=O) groups excluding carboxylic acids is 1. The Balaban J connectivity index is 1.44. The number of aryl methyl sites for hydroxylation is 2. The summed E-state index contributed by atoms with van der Waals surface area (Å²) in [6.07, 6.45) is 6.52. The molecule has 190 valence electrons. The molecule has 0 spiro atoms. The Bertz CT molecular complexity index is 1280. The molecule has 2 aliphatic rings. The van der Waals surface area contributed by atoms with Crippen molar-refractivity contribution in [3.8, 4) is 0 Å². The molecule has 1 amide bonds. The third-order valence-corrected chi connectivity index (χ3v) is 7.60. The van der Waals surface area contributed by atoms with E-state index in [9.17, 15) is 9.59 Å². The van der Waals surface area contributed by atoms with Crippen LogP contribution in [0, 0.1) is 5.92 Å². The van der Waals surface area contributed by atoms with E-state index >= 15 is 0 Å². The summed E-state index contributed by atoms with van der Waals surface area (Å²) in [5.74, 6) is 0.0608. The van der Waals surface area contributed by atoms with Crippen molar-refractivity contribution in [3.05, 3.63) is 75.8 Å². The SMILES string of the molecule is COCCCc1cc(CN(C(=O)[C@H]2CNCCC2c2ccn(C)c(=O)c2)C2CC2)c2ccccc2n1. The van der Waals surface area contributed by atoms with Crippen LogP contribution in [0.2, 0.25) is 0 Å². The zero-order chi connectivity index (χ0) is 25.1. The van der Waals surface area contributed by atoms with Crippen LogP contribution in [0.5, 0.6) is 0 Å². The Morgan fingerprint density at radius 2 is 2.03 bits per heavy atom. The van der Waals surface area contributed by atoms with E-state index in [1.807, 2.05) is 24.4 Å². The van der Waals surface area contributed by atoms with Crippen LogP contribution in [0.4, 0.5) is 0 Å². The lowest BCUT2D eigenvalue weighted by atomic mass is 9.80. The van der Waals surface area contributed by atoms with Gasteiger partial charge in [0.1, 0.15) is 0 Å². The quantitative estimate of drug-likeness (QED) is 0.467. The van der Waals surface area contributed by atoms with Gasteiger partial charge in [0, 0.05) is 63.2 Å². The molecule has 36 heavy (non-hydrogen) atoms. The number of carbonyl (C=O) groups is 1. The third kappa shape index (κ3) is 5.37. The number of nitrogens with one attached hydrogen (secondary N) is 1. The predicted octanol–water partition coefficient (Wildman–Crippen LogP) is 3.40. The first-order chi connectivity index (χ1) is 17.5. The molecular weight excluding hydrogens is 452 g/mol. The number of hydrogen-bond acceptors (Lipinski definition) is 5. The van der Waals surface area contributed by atoms with Crippen molar-refractivity contribution >= 4 is 16.8 Å². The van der Waals surface area contributed by atoms with E-state index in [0.29, 0.717) is 19.7 Å². The number of hydrogen-bond donors (Lipinski definition) is 1. The lowest BCUT2D eigenvalue weighted by Gasteiger charge is -2.36. The van der Waals surface area contributed by atoms with Crippen molar-refractivity contribution in [1.29, 1.82) is 0 Å². The van der Waals surface area contributed by atoms with Crippen molar-refractivity contribution in [3.63, 3.8) is 0 Å². The number of benzene rings is 1. The van der Waals surface area contributed by atoms with Gasteiger partial charge in [-0.2, -0.15) is 0 Å². The van der Waals surface area contributed by atoms with E-state index in [2.05, 4.69) is 28.4 Å². The number of fused-ring (bicyclic) bond motifs is 1. The van der Waals surface area contributed by atoms with Crippen molar-refractivity contribution in [1.82, 2.24) is 19.8 Å². The fourth-order valence-electron chi connectivity index (χ4n) is 5.45. The molecule has 2 atom stereocenters. The van der Waals surface area contributed by atoms with Gasteiger partial charge in [0.15, 0.2) is 0 Å². The molecule has 2 aromatic heterocycles. The van der Waals surface area contributed by atoms with Crippen LogP contribution in [0.3, 0.4) is 0 Å². The first kappa shape index (κ1) is 24.7. The molecule has 7 heteroatoms. The van der Waals surface area contributed by atoms with Crippen LogP contribution in [0.15, 0.2) is 53.5 Å². The van der Waals surface area contributed by atoms with Gasteiger partial charge in [-0.05, 0) is 73.9 Å². The molecule has 5 rings (SSSR count). The second kappa shape index (κ2) is 10.9. The Hall–Kier alpha value is -3.03. The number of methoxy groups -OCH3 is 1. The van der Waals surface area contributed by atoms with Crippen molar-refractivity contribution in [2.24, 2.45) is 13.0 Å². The summed E-state index contributed by atoms with van der Waals surface area (Å²) >= 11 is 0. The number of nitrogens with zero attached hydrogens (tertiary/aromatic N) is 3. The van der Waals surface area contributed by atoms with Crippen molar-refractivity contribution in [2.75, 3.05) is 26.8 Å². The van der Waals surface area contributed by atoms with Crippen LogP contribution < -0.4 is 10.9 Å². The maximum absolute atomic E-state index is 14.1. The minimum atomic E-state index is -0.180. The topological polar surface area (TPSA) is 76.5 Å². The molecule has 0 bridgehead atoms. The Morgan fingerprint density at radius 3 is 2.81 bits per heavy atom. The van der Waals surface area contributed by atoms with E-state index in [0.717, 1.165) is 66.4 Å². The van der Waals surface area contributed by atoms with E-state index < -0.39 is 0 Å². The second-order valence-electron chi connectivity index (χ2n) is 10.2. The normalized spacial score (nSPS) is 19.9. The minimum absolute atomic E-state index is 0.0273. The van der Waals surface area contributed by atoms with Gasteiger partial charge >= 0.3 is 0 Å². The van der Waals surface area contributed by atoms with Gasteiger partial charge in [0.05, 0.1) is 11.4 Å². The fraction of sp³-hybridized carbons (Fsp3) is 0.483. The molecule has 1 saturated heterocycles. The number of piperidine rings is 1. The summed E-state index contributed by atoms with van der Waals surface area (Å²) in [5.41, 5.74) is 4.12. The molecule has 3 aromatic rings. The van der Waals surface area contributed by atoms with Crippen molar-refractivity contribution in [2.45, 2.75) is 50.6 Å². The maximum atomic E-state index is 14.1. The maximum Gasteiger partial charge on any atom is 0.250 e. The number of pyridine rings is 2.